The summed E-state index contributed by atoms with van der Waals surface area (Å²) in [6, 6.07) is 6.28. The lowest BCUT2D eigenvalue weighted by molar-refractivity contribution is 0.115. The van der Waals surface area contributed by atoms with E-state index in [9.17, 15) is 4.39 Å². The first-order chi connectivity index (χ1) is 10.1. The summed E-state index contributed by atoms with van der Waals surface area (Å²) in [5.41, 5.74) is 7.43. The molecule has 0 aliphatic carbocycles. The standard InChI is InChI=1S/C17H26FN3/c1-12-10-20-8-4-3-5-15(20)11-21(12)17-7-6-14(13(2)19)9-16(17)18/h6-7,9,12-13,15H,3-5,8,10-11,19H2,1-2H3/t12?,13-,15?/m0/s1. The quantitative estimate of drug-likeness (QED) is 0.909. The first kappa shape index (κ1) is 14.8. The molecule has 2 saturated heterocycles. The number of piperidine rings is 1. The molecule has 21 heavy (non-hydrogen) atoms. The Morgan fingerprint density at radius 2 is 2.10 bits per heavy atom. The van der Waals surface area contributed by atoms with E-state index < -0.39 is 0 Å². The van der Waals surface area contributed by atoms with E-state index in [0.717, 1.165) is 24.3 Å². The van der Waals surface area contributed by atoms with Crippen LogP contribution in [-0.2, 0) is 0 Å². The molecule has 0 amide bonds. The molecular weight excluding hydrogens is 265 g/mol. The van der Waals surface area contributed by atoms with E-state index in [4.69, 9.17) is 5.73 Å². The average Bonchev–Trinajstić information content (AvgIpc) is 2.46. The Bertz CT molecular complexity index is 503. The van der Waals surface area contributed by atoms with Crippen molar-refractivity contribution >= 4 is 5.69 Å². The molecule has 4 heteroatoms. The molecule has 2 aliphatic heterocycles. The van der Waals surface area contributed by atoms with Crippen LogP contribution in [-0.4, -0.2) is 36.6 Å². The third-order valence-corrected chi connectivity index (χ3v) is 4.99. The Kier molecular flexibility index (Phi) is 4.18. The molecule has 3 nitrogen and oxygen atoms in total. The number of benzene rings is 1. The van der Waals surface area contributed by atoms with Crippen molar-refractivity contribution < 1.29 is 4.39 Å². The molecule has 1 aromatic rings. The number of piperazine rings is 1. The van der Waals surface area contributed by atoms with E-state index in [2.05, 4.69) is 16.7 Å². The summed E-state index contributed by atoms with van der Waals surface area (Å²) in [6.07, 6.45) is 3.85. The highest BCUT2D eigenvalue weighted by molar-refractivity contribution is 5.51. The first-order valence-electron chi connectivity index (χ1n) is 8.12. The Hall–Kier alpha value is -1.13. The van der Waals surface area contributed by atoms with Gasteiger partial charge in [0, 0.05) is 31.2 Å². The van der Waals surface area contributed by atoms with E-state index in [0.29, 0.717) is 12.1 Å². The van der Waals surface area contributed by atoms with E-state index in [1.807, 2.05) is 19.1 Å². The number of hydrogen-bond acceptors (Lipinski definition) is 3. The highest BCUT2D eigenvalue weighted by atomic mass is 19.1. The molecule has 3 atom stereocenters. The monoisotopic (exact) mass is 291 g/mol. The van der Waals surface area contributed by atoms with Crippen molar-refractivity contribution in [2.24, 2.45) is 5.73 Å². The smallest absolute Gasteiger partial charge is 0.146 e. The second-order valence-corrected chi connectivity index (χ2v) is 6.65. The lowest BCUT2D eigenvalue weighted by atomic mass is 9.96. The molecule has 0 saturated carbocycles. The summed E-state index contributed by atoms with van der Waals surface area (Å²) in [6.45, 7) is 7.27. The van der Waals surface area contributed by atoms with Gasteiger partial charge in [-0.1, -0.05) is 12.5 Å². The third-order valence-electron chi connectivity index (χ3n) is 4.99. The summed E-state index contributed by atoms with van der Waals surface area (Å²) in [5, 5.41) is 0. The zero-order chi connectivity index (χ0) is 15.0. The van der Waals surface area contributed by atoms with Crippen LogP contribution < -0.4 is 10.6 Å². The molecule has 2 unspecified atom stereocenters. The number of nitrogens with zero attached hydrogens (tertiary/aromatic N) is 2. The second-order valence-electron chi connectivity index (χ2n) is 6.65. The molecule has 116 valence electrons. The number of rotatable bonds is 2. The topological polar surface area (TPSA) is 32.5 Å². The summed E-state index contributed by atoms with van der Waals surface area (Å²) >= 11 is 0. The van der Waals surface area contributed by atoms with Gasteiger partial charge in [-0.15, -0.1) is 0 Å². The fourth-order valence-corrected chi connectivity index (χ4v) is 3.73. The van der Waals surface area contributed by atoms with E-state index >= 15 is 0 Å². The zero-order valence-electron chi connectivity index (χ0n) is 13.1. The highest BCUT2D eigenvalue weighted by Gasteiger charge is 2.33. The van der Waals surface area contributed by atoms with Gasteiger partial charge in [-0.2, -0.15) is 0 Å². The van der Waals surface area contributed by atoms with Crippen LogP contribution in [0.15, 0.2) is 18.2 Å². The molecule has 0 aromatic heterocycles. The van der Waals surface area contributed by atoms with Crippen LogP contribution >= 0.6 is 0 Å². The molecule has 2 fully saturated rings. The van der Waals surface area contributed by atoms with Gasteiger partial charge in [-0.25, -0.2) is 4.39 Å². The van der Waals surface area contributed by atoms with Crippen LogP contribution in [0.3, 0.4) is 0 Å². The Morgan fingerprint density at radius 1 is 1.29 bits per heavy atom. The fourth-order valence-electron chi connectivity index (χ4n) is 3.73. The van der Waals surface area contributed by atoms with E-state index in [-0.39, 0.29) is 11.9 Å². The molecular formula is C17H26FN3. The first-order valence-corrected chi connectivity index (χ1v) is 8.12. The van der Waals surface area contributed by atoms with Crippen LogP contribution in [0.4, 0.5) is 10.1 Å². The van der Waals surface area contributed by atoms with Crippen molar-refractivity contribution in [3.05, 3.63) is 29.6 Å². The minimum Gasteiger partial charge on any atom is -0.364 e. The molecule has 0 radical (unpaired) electrons. The van der Waals surface area contributed by atoms with Crippen molar-refractivity contribution in [1.82, 2.24) is 4.90 Å². The van der Waals surface area contributed by atoms with Gasteiger partial charge in [0.25, 0.3) is 0 Å². The van der Waals surface area contributed by atoms with Gasteiger partial charge in [-0.05, 0) is 50.9 Å². The van der Waals surface area contributed by atoms with E-state index in [1.165, 1.54) is 25.8 Å². The Balaban J connectivity index is 1.82. The van der Waals surface area contributed by atoms with Gasteiger partial charge in [0.05, 0.1) is 5.69 Å². The van der Waals surface area contributed by atoms with Crippen LogP contribution in [0, 0.1) is 5.82 Å². The molecule has 2 aliphatic rings. The van der Waals surface area contributed by atoms with Crippen molar-refractivity contribution in [3.8, 4) is 0 Å². The largest absolute Gasteiger partial charge is 0.364 e. The predicted octanol–water partition coefficient (Wildman–Crippen LogP) is 2.91. The van der Waals surface area contributed by atoms with Crippen LogP contribution in [0.5, 0.6) is 0 Å². The highest BCUT2D eigenvalue weighted by Crippen LogP contribution is 2.30. The van der Waals surface area contributed by atoms with Gasteiger partial charge in [0.15, 0.2) is 0 Å². The maximum absolute atomic E-state index is 14.5. The minimum absolute atomic E-state index is 0.124. The fraction of sp³-hybridized carbons (Fsp3) is 0.647. The third kappa shape index (κ3) is 2.92. The summed E-state index contributed by atoms with van der Waals surface area (Å²) in [7, 11) is 0. The zero-order valence-corrected chi connectivity index (χ0v) is 13.1. The van der Waals surface area contributed by atoms with Gasteiger partial charge in [-0.3, -0.25) is 4.90 Å². The Morgan fingerprint density at radius 3 is 2.81 bits per heavy atom. The van der Waals surface area contributed by atoms with Crippen molar-refractivity contribution in [2.45, 2.75) is 51.2 Å². The molecule has 2 N–H and O–H groups in total. The lowest BCUT2D eigenvalue weighted by Gasteiger charge is -2.48. The van der Waals surface area contributed by atoms with Gasteiger partial charge >= 0.3 is 0 Å². The van der Waals surface area contributed by atoms with Gasteiger partial charge in [0.2, 0.25) is 0 Å². The van der Waals surface area contributed by atoms with Crippen LogP contribution in [0.1, 0.15) is 44.7 Å². The number of fused-ring (bicyclic) bond motifs is 1. The van der Waals surface area contributed by atoms with Crippen LogP contribution in [0.2, 0.25) is 0 Å². The van der Waals surface area contributed by atoms with Crippen molar-refractivity contribution in [1.29, 1.82) is 0 Å². The van der Waals surface area contributed by atoms with Crippen LogP contribution in [0.25, 0.3) is 0 Å². The molecule has 0 spiro atoms. The maximum atomic E-state index is 14.5. The van der Waals surface area contributed by atoms with Gasteiger partial charge in [0.1, 0.15) is 5.82 Å². The van der Waals surface area contributed by atoms with Crippen molar-refractivity contribution in [2.75, 3.05) is 24.5 Å². The maximum Gasteiger partial charge on any atom is 0.146 e. The normalized spacial score (nSPS) is 28.3. The number of hydrogen-bond donors (Lipinski definition) is 1. The molecule has 1 aromatic carbocycles. The summed E-state index contributed by atoms with van der Waals surface area (Å²) < 4.78 is 14.5. The van der Waals surface area contributed by atoms with Crippen molar-refractivity contribution in [3.63, 3.8) is 0 Å². The number of nitrogens with two attached hydrogens (primary N) is 1. The molecule has 2 heterocycles. The van der Waals surface area contributed by atoms with Gasteiger partial charge < -0.3 is 10.6 Å². The number of halogens is 1. The average molecular weight is 291 g/mol. The van der Waals surface area contributed by atoms with E-state index in [1.54, 1.807) is 6.07 Å². The Labute approximate surface area is 126 Å². The predicted molar refractivity (Wildman–Crippen MR) is 85.0 cm³/mol. The number of anilines is 1. The summed E-state index contributed by atoms with van der Waals surface area (Å²) in [4.78, 5) is 4.83. The second kappa shape index (κ2) is 5.93. The lowest BCUT2D eigenvalue weighted by Crippen LogP contribution is -2.59. The minimum atomic E-state index is -0.138. The molecule has 3 rings (SSSR count). The SMILES string of the molecule is CC1CN2CCCCC2CN1c1ccc([C@H](C)N)cc1F. The molecule has 0 bridgehead atoms. The summed E-state index contributed by atoms with van der Waals surface area (Å²) in [5.74, 6) is -0.138.